The van der Waals surface area contributed by atoms with E-state index in [1.54, 1.807) is 11.8 Å². The van der Waals surface area contributed by atoms with Crippen molar-refractivity contribution >= 4 is 11.8 Å². The summed E-state index contributed by atoms with van der Waals surface area (Å²) >= 11 is 1.78. The van der Waals surface area contributed by atoms with Gasteiger partial charge >= 0.3 is 0 Å². The minimum Gasteiger partial charge on any atom is -0.324 e. The summed E-state index contributed by atoms with van der Waals surface area (Å²) in [5.74, 6) is 0. The van der Waals surface area contributed by atoms with Crippen LogP contribution in [0.4, 0.5) is 0 Å². The van der Waals surface area contributed by atoms with Gasteiger partial charge in [-0.15, -0.1) is 11.8 Å². The number of nitrogens with two attached hydrogens (primary N) is 1. The zero-order valence-electron chi connectivity index (χ0n) is 9.95. The number of hydrogen-bond donors (Lipinski definition) is 1. The fourth-order valence-electron chi connectivity index (χ4n) is 1.22. The largest absolute Gasteiger partial charge is 0.324 e. The summed E-state index contributed by atoms with van der Waals surface area (Å²) in [6.07, 6.45) is 2.84. The number of nitrogens with zero attached hydrogens (tertiary/aromatic N) is 1. The molecule has 2 N–H and O–H groups in total. The van der Waals surface area contributed by atoms with E-state index < -0.39 is 0 Å². The van der Waals surface area contributed by atoms with Gasteiger partial charge in [0.25, 0.3) is 0 Å². The zero-order valence-corrected chi connectivity index (χ0v) is 10.8. The van der Waals surface area contributed by atoms with Crippen LogP contribution in [-0.2, 0) is 0 Å². The minimum atomic E-state index is 0.117. The molecule has 0 aromatic carbocycles. The maximum absolute atomic E-state index is 5.92. The smallest absolute Gasteiger partial charge is 0.0965 e. The maximum atomic E-state index is 5.92. The summed E-state index contributed by atoms with van der Waals surface area (Å²) in [7, 11) is 0. The molecule has 0 saturated heterocycles. The molecule has 1 atom stereocenters. The van der Waals surface area contributed by atoms with E-state index >= 15 is 0 Å². The van der Waals surface area contributed by atoms with Crippen LogP contribution in [0, 0.1) is 0 Å². The summed E-state index contributed by atoms with van der Waals surface area (Å²) in [5, 5.41) is 1.06. The molecule has 0 fully saturated rings. The molecule has 0 saturated carbocycles. The van der Waals surface area contributed by atoms with Crippen LogP contribution in [0.15, 0.2) is 23.4 Å². The van der Waals surface area contributed by atoms with Gasteiger partial charge in [-0.05, 0) is 18.1 Å². The number of aromatic nitrogens is 1. The molecule has 0 radical (unpaired) electrons. The van der Waals surface area contributed by atoms with E-state index in [2.05, 4.69) is 44.8 Å². The van der Waals surface area contributed by atoms with Crippen molar-refractivity contribution in [2.24, 2.45) is 5.73 Å². The molecule has 0 bridgehead atoms. The van der Waals surface area contributed by atoms with Crippen molar-refractivity contribution < 1.29 is 0 Å². The zero-order chi connectivity index (χ0) is 11.5. The second-order valence-electron chi connectivity index (χ2n) is 4.66. The van der Waals surface area contributed by atoms with Crippen molar-refractivity contribution in [3.63, 3.8) is 0 Å². The Bertz CT molecular complexity index is 300. The van der Waals surface area contributed by atoms with E-state index in [9.17, 15) is 0 Å². The van der Waals surface area contributed by atoms with Crippen LogP contribution in [0.25, 0.3) is 0 Å². The predicted molar refractivity (Wildman–Crippen MR) is 67.1 cm³/mol. The first kappa shape index (κ1) is 12.5. The van der Waals surface area contributed by atoms with E-state index in [0.717, 1.165) is 17.0 Å². The van der Waals surface area contributed by atoms with Crippen molar-refractivity contribution in [2.75, 3.05) is 0 Å². The molecule has 1 aromatic rings. The van der Waals surface area contributed by atoms with Gasteiger partial charge in [0.15, 0.2) is 0 Å². The molecule has 0 amide bonds. The lowest BCUT2D eigenvalue weighted by atomic mass is 10.1. The average molecular weight is 224 g/mol. The van der Waals surface area contributed by atoms with Crippen LogP contribution < -0.4 is 5.73 Å². The van der Waals surface area contributed by atoms with E-state index in [4.69, 9.17) is 5.73 Å². The number of rotatable bonds is 3. The lowest BCUT2D eigenvalue weighted by Gasteiger charge is -2.17. The van der Waals surface area contributed by atoms with E-state index in [0.29, 0.717) is 0 Å². The van der Waals surface area contributed by atoms with E-state index in [1.165, 1.54) is 0 Å². The Morgan fingerprint density at radius 3 is 2.47 bits per heavy atom. The first-order chi connectivity index (χ1) is 6.92. The Morgan fingerprint density at radius 2 is 2.07 bits per heavy atom. The highest BCUT2D eigenvalue weighted by Gasteiger charge is 2.13. The van der Waals surface area contributed by atoms with Crippen LogP contribution in [0.5, 0.6) is 0 Å². The Balaban J connectivity index is 2.72. The lowest BCUT2D eigenvalue weighted by Crippen LogP contribution is -2.10. The number of pyridine rings is 1. The first-order valence-electron chi connectivity index (χ1n) is 5.33. The molecule has 0 aliphatic heterocycles. The van der Waals surface area contributed by atoms with Gasteiger partial charge in [0.1, 0.15) is 0 Å². The monoisotopic (exact) mass is 224 g/mol. The van der Waals surface area contributed by atoms with Gasteiger partial charge in [-0.2, -0.15) is 0 Å². The lowest BCUT2D eigenvalue weighted by molar-refractivity contribution is 0.692. The molecule has 15 heavy (non-hydrogen) atoms. The van der Waals surface area contributed by atoms with Gasteiger partial charge in [0.05, 0.1) is 5.03 Å². The second-order valence-corrected chi connectivity index (χ2v) is 6.51. The van der Waals surface area contributed by atoms with Crippen LogP contribution in [0.3, 0.4) is 0 Å². The Morgan fingerprint density at radius 1 is 1.40 bits per heavy atom. The van der Waals surface area contributed by atoms with Gasteiger partial charge in [0.2, 0.25) is 0 Å². The second kappa shape index (κ2) is 4.99. The molecule has 0 aliphatic rings. The highest BCUT2D eigenvalue weighted by Crippen LogP contribution is 2.30. The summed E-state index contributed by atoms with van der Waals surface area (Å²) in [4.78, 5) is 4.42. The SMILES string of the molecule is CC[C@H](N)c1ccc(SC(C)(C)C)nc1. The number of thioether (sulfide) groups is 1. The van der Waals surface area contributed by atoms with Crippen molar-refractivity contribution in [1.29, 1.82) is 0 Å². The summed E-state index contributed by atoms with van der Waals surface area (Å²) < 4.78 is 0.210. The molecule has 1 aromatic heterocycles. The van der Waals surface area contributed by atoms with Crippen LogP contribution in [0.2, 0.25) is 0 Å². The molecule has 2 nitrogen and oxygen atoms in total. The molecule has 84 valence electrons. The first-order valence-corrected chi connectivity index (χ1v) is 6.14. The van der Waals surface area contributed by atoms with Crippen LogP contribution in [-0.4, -0.2) is 9.73 Å². The molecule has 0 spiro atoms. The van der Waals surface area contributed by atoms with Crippen molar-refractivity contribution in [3.8, 4) is 0 Å². The normalized spacial score (nSPS) is 13.9. The third-order valence-electron chi connectivity index (χ3n) is 2.04. The highest BCUT2D eigenvalue weighted by atomic mass is 32.2. The molecular weight excluding hydrogens is 204 g/mol. The van der Waals surface area contributed by atoms with Crippen molar-refractivity contribution in [3.05, 3.63) is 23.9 Å². The van der Waals surface area contributed by atoms with E-state index in [1.807, 2.05) is 6.20 Å². The predicted octanol–water partition coefficient (Wildman–Crippen LogP) is 3.38. The third-order valence-corrected chi connectivity index (χ3v) is 3.10. The van der Waals surface area contributed by atoms with Gasteiger partial charge in [-0.1, -0.05) is 33.8 Å². The average Bonchev–Trinajstić information content (AvgIpc) is 2.15. The molecule has 0 aliphatic carbocycles. The summed E-state index contributed by atoms with van der Waals surface area (Å²) in [6.45, 7) is 8.64. The van der Waals surface area contributed by atoms with Crippen LogP contribution >= 0.6 is 11.8 Å². The molecule has 1 rings (SSSR count). The topological polar surface area (TPSA) is 38.9 Å². The molecular formula is C12H20N2S. The molecule has 3 heteroatoms. The molecule has 0 unspecified atom stereocenters. The third kappa shape index (κ3) is 4.22. The van der Waals surface area contributed by atoms with Gasteiger partial charge in [-0.3, -0.25) is 0 Å². The fourth-order valence-corrected chi connectivity index (χ4v) is 2.09. The highest BCUT2D eigenvalue weighted by molar-refractivity contribution is 8.00. The Kier molecular flexibility index (Phi) is 4.17. The Hall–Kier alpha value is -0.540. The summed E-state index contributed by atoms with van der Waals surface area (Å²) in [5.41, 5.74) is 7.05. The summed E-state index contributed by atoms with van der Waals surface area (Å²) in [6, 6.07) is 4.25. The minimum absolute atomic E-state index is 0.117. The Labute approximate surface area is 96.7 Å². The van der Waals surface area contributed by atoms with Gasteiger partial charge in [-0.25, -0.2) is 4.98 Å². The molecule has 1 heterocycles. The number of hydrogen-bond acceptors (Lipinski definition) is 3. The van der Waals surface area contributed by atoms with Crippen LogP contribution in [0.1, 0.15) is 45.7 Å². The maximum Gasteiger partial charge on any atom is 0.0965 e. The van der Waals surface area contributed by atoms with Crippen molar-refractivity contribution in [1.82, 2.24) is 4.98 Å². The fraction of sp³-hybridized carbons (Fsp3) is 0.583. The van der Waals surface area contributed by atoms with Gasteiger partial charge in [0, 0.05) is 17.0 Å². The van der Waals surface area contributed by atoms with E-state index in [-0.39, 0.29) is 10.8 Å². The standard InChI is InChI=1S/C12H20N2S/c1-5-10(13)9-6-7-11(14-8-9)15-12(2,3)4/h6-8,10H,5,13H2,1-4H3/t10-/m0/s1. The van der Waals surface area contributed by atoms with Crippen molar-refractivity contribution in [2.45, 2.75) is 49.9 Å². The quantitative estimate of drug-likeness (QED) is 0.800. The van der Waals surface area contributed by atoms with Gasteiger partial charge < -0.3 is 5.73 Å².